The standard InChI is InChI=1S/C15H10ClNO3/c16-11-6-7-12-13(8-11)20-15(19)17(14(12)18)9-10-4-2-1-3-5-10/h1-8H,9H2. The minimum atomic E-state index is -0.686. The Bertz CT molecular complexity index is 881. The quantitative estimate of drug-likeness (QED) is 0.728. The van der Waals surface area contributed by atoms with Crippen molar-refractivity contribution in [1.29, 1.82) is 0 Å². The normalized spacial score (nSPS) is 10.8. The van der Waals surface area contributed by atoms with Crippen LogP contribution in [0.2, 0.25) is 5.02 Å². The molecule has 0 spiro atoms. The van der Waals surface area contributed by atoms with Gasteiger partial charge in [0, 0.05) is 11.1 Å². The molecule has 0 saturated carbocycles. The van der Waals surface area contributed by atoms with Gasteiger partial charge in [-0.1, -0.05) is 41.9 Å². The van der Waals surface area contributed by atoms with Gasteiger partial charge in [-0.2, -0.15) is 0 Å². The van der Waals surface area contributed by atoms with Crippen molar-refractivity contribution in [1.82, 2.24) is 4.57 Å². The fraction of sp³-hybridized carbons (Fsp3) is 0.0667. The number of fused-ring (bicyclic) bond motifs is 1. The Morgan fingerprint density at radius 2 is 1.80 bits per heavy atom. The number of rotatable bonds is 2. The first-order valence-electron chi connectivity index (χ1n) is 6.02. The maximum absolute atomic E-state index is 12.3. The van der Waals surface area contributed by atoms with Crippen molar-refractivity contribution in [2.75, 3.05) is 0 Å². The molecule has 0 atom stereocenters. The third-order valence-electron chi connectivity index (χ3n) is 3.02. The molecule has 20 heavy (non-hydrogen) atoms. The predicted molar refractivity (Wildman–Crippen MR) is 77.3 cm³/mol. The zero-order chi connectivity index (χ0) is 14.1. The Morgan fingerprint density at radius 1 is 1.05 bits per heavy atom. The van der Waals surface area contributed by atoms with E-state index in [0.717, 1.165) is 10.1 Å². The average Bonchev–Trinajstić information content (AvgIpc) is 2.44. The molecule has 4 nitrogen and oxygen atoms in total. The molecule has 100 valence electrons. The minimum Gasteiger partial charge on any atom is -0.409 e. The fourth-order valence-corrected chi connectivity index (χ4v) is 2.20. The minimum absolute atomic E-state index is 0.181. The highest BCUT2D eigenvalue weighted by atomic mass is 35.5. The lowest BCUT2D eigenvalue weighted by atomic mass is 10.2. The lowest BCUT2D eigenvalue weighted by Gasteiger charge is -2.05. The summed E-state index contributed by atoms with van der Waals surface area (Å²) in [7, 11) is 0. The largest absolute Gasteiger partial charge is 0.422 e. The molecule has 1 heterocycles. The second-order valence-corrected chi connectivity index (χ2v) is 4.82. The average molecular weight is 288 g/mol. The monoisotopic (exact) mass is 287 g/mol. The molecule has 0 aliphatic heterocycles. The second kappa shape index (κ2) is 4.98. The zero-order valence-electron chi connectivity index (χ0n) is 10.4. The highest BCUT2D eigenvalue weighted by Gasteiger charge is 2.10. The van der Waals surface area contributed by atoms with Crippen LogP contribution in [0.1, 0.15) is 5.56 Å². The fourth-order valence-electron chi connectivity index (χ4n) is 2.04. The van der Waals surface area contributed by atoms with E-state index in [1.54, 1.807) is 12.1 Å². The summed E-state index contributed by atoms with van der Waals surface area (Å²) in [6, 6.07) is 13.9. The van der Waals surface area contributed by atoms with Crippen molar-refractivity contribution in [3.05, 3.63) is 80.0 Å². The van der Waals surface area contributed by atoms with Crippen LogP contribution in [0.15, 0.2) is 62.5 Å². The van der Waals surface area contributed by atoms with Gasteiger partial charge >= 0.3 is 5.76 Å². The van der Waals surface area contributed by atoms with Crippen LogP contribution in [-0.2, 0) is 6.54 Å². The van der Waals surface area contributed by atoms with E-state index in [2.05, 4.69) is 0 Å². The molecular weight excluding hydrogens is 278 g/mol. The summed E-state index contributed by atoms with van der Waals surface area (Å²) in [6.45, 7) is 0.181. The predicted octanol–water partition coefficient (Wildman–Crippen LogP) is 2.66. The van der Waals surface area contributed by atoms with Crippen molar-refractivity contribution < 1.29 is 4.42 Å². The Kier molecular flexibility index (Phi) is 3.16. The summed E-state index contributed by atoms with van der Waals surface area (Å²) in [5, 5.41) is 0.755. The van der Waals surface area contributed by atoms with Crippen molar-refractivity contribution in [3.8, 4) is 0 Å². The summed E-state index contributed by atoms with van der Waals surface area (Å²) in [5.74, 6) is -0.686. The topological polar surface area (TPSA) is 52.2 Å². The molecular formula is C15H10ClNO3. The number of nitrogens with zero attached hydrogens (tertiary/aromatic N) is 1. The van der Waals surface area contributed by atoms with Crippen molar-refractivity contribution in [2.45, 2.75) is 6.54 Å². The first-order valence-corrected chi connectivity index (χ1v) is 6.40. The van der Waals surface area contributed by atoms with Gasteiger partial charge in [0.05, 0.1) is 11.9 Å². The maximum Gasteiger partial charge on any atom is 0.422 e. The Morgan fingerprint density at radius 3 is 2.55 bits per heavy atom. The van der Waals surface area contributed by atoms with Gasteiger partial charge in [0.15, 0.2) is 0 Å². The van der Waals surface area contributed by atoms with Crippen molar-refractivity contribution in [2.24, 2.45) is 0 Å². The van der Waals surface area contributed by atoms with E-state index in [9.17, 15) is 9.59 Å². The molecule has 0 aliphatic rings. The molecule has 0 saturated heterocycles. The number of hydrogen-bond acceptors (Lipinski definition) is 3. The smallest absolute Gasteiger partial charge is 0.409 e. The number of aromatic nitrogens is 1. The molecule has 2 aromatic carbocycles. The molecule has 3 rings (SSSR count). The van der Waals surface area contributed by atoms with Crippen LogP contribution >= 0.6 is 11.6 Å². The number of hydrogen-bond donors (Lipinski definition) is 0. The van der Waals surface area contributed by atoms with Crippen LogP contribution in [0.3, 0.4) is 0 Å². The van der Waals surface area contributed by atoms with E-state index in [0.29, 0.717) is 10.4 Å². The molecule has 3 aromatic rings. The molecule has 0 radical (unpaired) electrons. The lowest BCUT2D eigenvalue weighted by molar-refractivity contribution is 0.471. The van der Waals surface area contributed by atoms with Crippen LogP contribution in [0, 0.1) is 0 Å². The van der Waals surface area contributed by atoms with Crippen LogP contribution in [0.25, 0.3) is 11.0 Å². The number of halogens is 1. The van der Waals surface area contributed by atoms with Gasteiger partial charge in [0.1, 0.15) is 5.58 Å². The molecule has 0 bridgehead atoms. The van der Waals surface area contributed by atoms with E-state index in [1.807, 2.05) is 30.3 Å². The highest BCUT2D eigenvalue weighted by Crippen LogP contribution is 2.15. The van der Waals surface area contributed by atoms with Gasteiger partial charge in [-0.15, -0.1) is 0 Å². The molecule has 1 aromatic heterocycles. The second-order valence-electron chi connectivity index (χ2n) is 4.39. The SMILES string of the molecule is O=c1oc2cc(Cl)ccc2c(=O)n1Cc1ccccc1. The van der Waals surface area contributed by atoms with Gasteiger partial charge in [-0.3, -0.25) is 4.79 Å². The van der Waals surface area contributed by atoms with E-state index in [4.69, 9.17) is 16.0 Å². The summed E-state index contributed by atoms with van der Waals surface area (Å²) in [5.41, 5.74) is 0.684. The highest BCUT2D eigenvalue weighted by molar-refractivity contribution is 6.31. The Balaban J connectivity index is 2.19. The van der Waals surface area contributed by atoms with Crippen LogP contribution in [0.4, 0.5) is 0 Å². The molecule has 0 unspecified atom stereocenters. The van der Waals surface area contributed by atoms with E-state index >= 15 is 0 Å². The number of benzene rings is 2. The molecule has 5 heteroatoms. The summed E-state index contributed by atoms with van der Waals surface area (Å²) >= 11 is 5.82. The van der Waals surface area contributed by atoms with E-state index in [1.165, 1.54) is 6.07 Å². The van der Waals surface area contributed by atoms with Gasteiger partial charge in [0.2, 0.25) is 0 Å². The van der Waals surface area contributed by atoms with Crippen LogP contribution in [0.5, 0.6) is 0 Å². The molecule has 0 amide bonds. The van der Waals surface area contributed by atoms with E-state index < -0.39 is 5.76 Å². The first-order chi connectivity index (χ1) is 9.65. The third kappa shape index (κ3) is 2.26. The first kappa shape index (κ1) is 12.7. The summed E-state index contributed by atoms with van der Waals surface area (Å²) in [6.07, 6.45) is 0. The molecule has 0 aliphatic carbocycles. The van der Waals surface area contributed by atoms with Gasteiger partial charge in [-0.25, -0.2) is 9.36 Å². The zero-order valence-corrected chi connectivity index (χ0v) is 11.1. The molecule has 0 N–H and O–H groups in total. The Hall–Kier alpha value is -2.33. The lowest BCUT2D eigenvalue weighted by Crippen LogP contribution is -2.32. The van der Waals surface area contributed by atoms with Crippen molar-refractivity contribution >= 4 is 22.6 Å². The van der Waals surface area contributed by atoms with Gasteiger partial charge in [0.25, 0.3) is 5.56 Å². The van der Waals surface area contributed by atoms with Crippen molar-refractivity contribution in [3.63, 3.8) is 0 Å². The van der Waals surface area contributed by atoms with Crippen LogP contribution < -0.4 is 11.3 Å². The van der Waals surface area contributed by atoms with Gasteiger partial charge < -0.3 is 4.42 Å². The maximum atomic E-state index is 12.3. The summed E-state index contributed by atoms with van der Waals surface area (Å²) in [4.78, 5) is 24.2. The summed E-state index contributed by atoms with van der Waals surface area (Å²) < 4.78 is 6.22. The van der Waals surface area contributed by atoms with Crippen LogP contribution in [-0.4, -0.2) is 4.57 Å². The van der Waals surface area contributed by atoms with E-state index in [-0.39, 0.29) is 17.7 Å². The molecule has 0 fully saturated rings. The Labute approximate surface area is 118 Å². The third-order valence-corrected chi connectivity index (χ3v) is 3.26. The van der Waals surface area contributed by atoms with Gasteiger partial charge in [-0.05, 0) is 17.7 Å².